The van der Waals surface area contributed by atoms with Crippen molar-refractivity contribution in [1.29, 1.82) is 0 Å². The average molecular weight is 502 g/mol. The summed E-state index contributed by atoms with van der Waals surface area (Å²) >= 11 is 0. The number of rotatable bonds is 5. The molecule has 2 nitrogen and oxygen atoms in total. The molecule has 3 aromatic carbocycles. The van der Waals surface area contributed by atoms with Crippen LogP contribution >= 0.6 is 0 Å². The van der Waals surface area contributed by atoms with E-state index in [0.717, 1.165) is 35.1 Å². The number of hydrogen-bond acceptors (Lipinski definition) is 2. The van der Waals surface area contributed by atoms with Crippen LogP contribution in [0.1, 0.15) is 88.5 Å². The van der Waals surface area contributed by atoms with E-state index in [2.05, 4.69) is 83.8 Å². The van der Waals surface area contributed by atoms with Gasteiger partial charge in [0.2, 0.25) is 0 Å². The van der Waals surface area contributed by atoms with E-state index in [-0.39, 0.29) is 0 Å². The van der Waals surface area contributed by atoms with Gasteiger partial charge in [-0.2, -0.15) is 0 Å². The van der Waals surface area contributed by atoms with Crippen LogP contribution in [0.3, 0.4) is 0 Å². The Hall–Kier alpha value is -3.26. The molecule has 0 atom stereocenters. The van der Waals surface area contributed by atoms with Crippen LogP contribution in [0, 0.1) is 5.92 Å². The molecule has 0 aliphatic heterocycles. The maximum absolute atomic E-state index is 6.53. The lowest BCUT2D eigenvalue weighted by Gasteiger charge is -2.32. The van der Waals surface area contributed by atoms with E-state index in [0.29, 0.717) is 0 Å². The van der Waals surface area contributed by atoms with Gasteiger partial charge in [0.05, 0.1) is 5.69 Å². The van der Waals surface area contributed by atoms with Gasteiger partial charge in [0.25, 0.3) is 0 Å². The summed E-state index contributed by atoms with van der Waals surface area (Å²) in [6.45, 7) is 0. The highest BCUT2D eigenvalue weighted by molar-refractivity contribution is 6.09. The molecular formula is C36H39NO. The molecule has 1 heterocycles. The van der Waals surface area contributed by atoms with Gasteiger partial charge >= 0.3 is 0 Å². The third-order valence-corrected chi connectivity index (χ3v) is 9.43. The minimum absolute atomic E-state index is 0.722. The molecule has 0 saturated heterocycles. The fourth-order valence-electron chi connectivity index (χ4n) is 7.34. The van der Waals surface area contributed by atoms with Crippen LogP contribution in [-0.4, -0.2) is 0 Å². The van der Waals surface area contributed by atoms with Crippen molar-refractivity contribution in [3.63, 3.8) is 0 Å². The zero-order valence-corrected chi connectivity index (χ0v) is 22.5. The maximum Gasteiger partial charge on any atom is 0.159 e. The summed E-state index contributed by atoms with van der Waals surface area (Å²) in [6.07, 6.45) is 20.9. The fourth-order valence-corrected chi connectivity index (χ4v) is 7.34. The summed E-state index contributed by atoms with van der Waals surface area (Å²) in [4.78, 5) is 2.48. The lowest BCUT2D eigenvalue weighted by atomic mass is 9.80. The number of nitrogens with zero attached hydrogens (tertiary/aromatic N) is 1. The summed E-state index contributed by atoms with van der Waals surface area (Å²) in [5.74, 6) is 1.52. The molecule has 2 heteroatoms. The Kier molecular flexibility index (Phi) is 6.57. The second kappa shape index (κ2) is 10.5. The van der Waals surface area contributed by atoms with E-state index in [1.54, 1.807) is 5.57 Å². The van der Waals surface area contributed by atoms with Crippen molar-refractivity contribution in [2.45, 2.75) is 83.0 Å². The van der Waals surface area contributed by atoms with E-state index in [1.807, 2.05) is 0 Å². The highest BCUT2D eigenvalue weighted by atomic mass is 16.3. The number of fused-ring (bicyclic) bond motifs is 3. The van der Waals surface area contributed by atoms with E-state index in [1.165, 1.54) is 98.3 Å². The predicted octanol–water partition coefficient (Wildman–Crippen LogP) is 11.0. The molecule has 0 N–H and O–H groups in total. The van der Waals surface area contributed by atoms with Crippen molar-refractivity contribution in [1.82, 2.24) is 0 Å². The first-order valence-corrected chi connectivity index (χ1v) is 15.0. The van der Waals surface area contributed by atoms with Crippen LogP contribution in [0.2, 0.25) is 0 Å². The van der Waals surface area contributed by atoms with Crippen molar-refractivity contribution < 1.29 is 4.42 Å². The molecule has 0 unspecified atom stereocenters. The van der Waals surface area contributed by atoms with Crippen LogP contribution < -0.4 is 4.90 Å². The van der Waals surface area contributed by atoms with Gasteiger partial charge in [-0.3, -0.25) is 0 Å². The first-order valence-electron chi connectivity index (χ1n) is 15.0. The van der Waals surface area contributed by atoms with Gasteiger partial charge in [0, 0.05) is 22.2 Å². The Labute approximate surface area is 227 Å². The van der Waals surface area contributed by atoms with E-state index in [9.17, 15) is 0 Å². The van der Waals surface area contributed by atoms with Gasteiger partial charge in [-0.1, -0.05) is 92.6 Å². The van der Waals surface area contributed by atoms with E-state index >= 15 is 0 Å². The average Bonchev–Trinajstić information content (AvgIpc) is 3.39. The minimum Gasteiger partial charge on any atom is -0.454 e. The number of hydrogen-bond donors (Lipinski definition) is 0. The lowest BCUT2D eigenvalue weighted by Crippen LogP contribution is -2.20. The molecule has 0 amide bonds. The van der Waals surface area contributed by atoms with Gasteiger partial charge in [-0.15, -0.1) is 0 Å². The van der Waals surface area contributed by atoms with Crippen molar-refractivity contribution in [2.24, 2.45) is 5.92 Å². The van der Waals surface area contributed by atoms with E-state index < -0.39 is 0 Å². The topological polar surface area (TPSA) is 16.4 Å². The first-order chi connectivity index (χ1) is 18.8. The summed E-state index contributed by atoms with van der Waals surface area (Å²) in [5, 5.41) is 2.38. The Morgan fingerprint density at radius 1 is 0.605 bits per heavy atom. The molecule has 2 fully saturated rings. The Morgan fingerprint density at radius 3 is 2.05 bits per heavy atom. The fraction of sp³-hybridized carbons (Fsp3) is 0.389. The van der Waals surface area contributed by atoms with Crippen LogP contribution in [0.4, 0.5) is 11.4 Å². The maximum atomic E-state index is 6.53. The third kappa shape index (κ3) is 4.49. The monoisotopic (exact) mass is 501 g/mol. The summed E-state index contributed by atoms with van der Waals surface area (Å²) < 4.78 is 6.53. The predicted molar refractivity (Wildman–Crippen MR) is 160 cm³/mol. The zero-order valence-electron chi connectivity index (χ0n) is 22.5. The summed E-state index contributed by atoms with van der Waals surface area (Å²) in [6, 6.07) is 24.5. The second-order valence-electron chi connectivity index (χ2n) is 11.7. The summed E-state index contributed by atoms with van der Waals surface area (Å²) in [7, 11) is 0. The smallest absolute Gasteiger partial charge is 0.159 e. The first kappa shape index (κ1) is 23.8. The zero-order chi connectivity index (χ0) is 25.3. The van der Waals surface area contributed by atoms with Crippen molar-refractivity contribution in [3.8, 4) is 0 Å². The van der Waals surface area contributed by atoms with Gasteiger partial charge in [-0.05, 0) is 86.3 Å². The van der Waals surface area contributed by atoms with Gasteiger partial charge in [-0.25, -0.2) is 0 Å². The SMILES string of the molecule is C1=C(C2CCCCC2)CCC(N(c2ccc(C3CCCCC3)cc2)c2cccc3c2oc2ccccc23)=C1. The quantitative estimate of drug-likeness (QED) is 0.270. The highest BCUT2D eigenvalue weighted by Gasteiger charge is 2.25. The molecule has 1 aromatic heterocycles. The Balaban J connectivity index is 1.31. The molecule has 38 heavy (non-hydrogen) atoms. The molecule has 3 aliphatic carbocycles. The van der Waals surface area contributed by atoms with Crippen LogP contribution in [-0.2, 0) is 0 Å². The van der Waals surface area contributed by atoms with Crippen LogP contribution in [0.5, 0.6) is 0 Å². The van der Waals surface area contributed by atoms with Crippen LogP contribution in [0.15, 0.2) is 94.6 Å². The molecule has 194 valence electrons. The molecule has 3 aliphatic rings. The normalized spacial score (nSPS) is 19.5. The van der Waals surface area contributed by atoms with Crippen molar-refractivity contribution >= 4 is 33.3 Å². The minimum atomic E-state index is 0.722. The van der Waals surface area contributed by atoms with Gasteiger partial charge in [0.1, 0.15) is 5.58 Å². The highest BCUT2D eigenvalue weighted by Crippen LogP contribution is 2.43. The number of benzene rings is 3. The van der Waals surface area contributed by atoms with Crippen LogP contribution in [0.25, 0.3) is 21.9 Å². The third-order valence-electron chi connectivity index (χ3n) is 9.43. The molecular weight excluding hydrogens is 462 g/mol. The second-order valence-corrected chi connectivity index (χ2v) is 11.7. The molecule has 0 spiro atoms. The van der Waals surface area contributed by atoms with E-state index in [4.69, 9.17) is 4.42 Å². The number of para-hydroxylation sites is 2. The Morgan fingerprint density at radius 2 is 1.32 bits per heavy atom. The number of anilines is 2. The van der Waals surface area contributed by atoms with Gasteiger partial charge < -0.3 is 9.32 Å². The number of allylic oxidation sites excluding steroid dienone is 4. The van der Waals surface area contributed by atoms with Crippen molar-refractivity contribution in [3.05, 3.63) is 95.7 Å². The lowest BCUT2D eigenvalue weighted by molar-refractivity contribution is 0.393. The number of furan rings is 1. The van der Waals surface area contributed by atoms with Crippen molar-refractivity contribution in [2.75, 3.05) is 4.90 Å². The molecule has 4 aromatic rings. The van der Waals surface area contributed by atoms with Gasteiger partial charge in [0.15, 0.2) is 5.58 Å². The standard InChI is InChI=1S/C36H39NO/c1-3-10-26(11-4-1)28-18-22-30(23-19-28)37(31-24-20-29(21-25-31)27-12-5-2-6-13-27)34-16-9-15-33-32-14-7-8-17-35(32)38-36(33)34/h7-9,14-20,22-24,26-27H,1-6,10-13,21,25H2. The largest absolute Gasteiger partial charge is 0.454 e. The molecule has 2 saturated carbocycles. The Bertz CT molecular complexity index is 1480. The molecule has 7 rings (SSSR count). The molecule has 0 radical (unpaired) electrons. The molecule has 0 bridgehead atoms. The summed E-state index contributed by atoms with van der Waals surface area (Å²) in [5.41, 5.74) is 8.86.